The van der Waals surface area contributed by atoms with Crippen molar-refractivity contribution in [3.05, 3.63) is 29.3 Å². The number of hydrogen-bond donors (Lipinski definition) is 1. The Kier molecular flexibility index (Phi) is 5.97. The second-order valence-corrected chi connectivity index (χ2v) is 8.13. The van der Waals surface area contributed by atoms with E-state index in [0.717, 1.165) is 32.8 Å². The number of thioether (sulfide) groups is 1. The lowest BCUT2D eigenvalue weighted by molar-refractivity contribution is 0.199. The average Bonchev–Trinajstić information content (AvgIpc) is 2.42. The van der Waals surface area contributed by atoms with Gasteiger partial charge >= 0.3 is 0 Å². The van der Waals surface area contributed by atoms with E-state index in [1.807, 2.05) is 0 Å². The minimum Gasteiger partial charge on any atom is -0.383 e. The van der Waals surface area contributed by atoms with E-state index >= 15 is 0 Å². The van der Waals surface area contributed by atoms with Crippen LogP contribution in [-0.4, -0.2) is 43.9 Å². The van der Waals surface area contributed by atoms with Gasteiger partial charge in [0.2, 0.25) is 0 Å². The summed E-state index contributed by atoms with van der Waals surface area (Å²) in [5.74, 6) is 1.21. The molecule has 1 heterocycles. The van der Waals surface area contributed by atoms with Gasteiger partial charge in [0.15, 0.2) is 0 Å². The molecule has 2 rings (SSSR count). The van der Waals surface area contributed by atoms with Gasteiger partial charge in [-0.3, -0.25) is 0 Å². The molecule has 0 radical (unpaired) electrons. The van der Waals surface area contributed by atoms with Crippen LogP contribution in [0, 0.1) is 6.92 Å². The van der Waals surface area contributed by atoms with E-state index < -0.39 is 0 Å². The quantitative estimate of drug-likeness (QED) is 0.816. The van der Waals surface area contributed by atoms with Gasteiger partial charge < -0.3 is 15.0 Å². The van der Waals surface area contributed by atoms with Crippen LogP contribution in [0.15, 0.2) is 18.2 Å². The first-order valence-electron chi connectivity index (χ1n) is 7.70. The van der Waals surface area contributed by atoms with Crippen LogP contribution in [0.4, 0.5) is 5.69 Å². The molecule has 1 aliphatic rings. The fourth-order valence-corrected chi connectivity index (χ4v) is 3.90. The summed E-state index contributed by atoms with van der Waals surface area (Å²) >= 11 is 2.08. The highest BCUT2D eigenvalue weighted by Crippen LogP contribution is 2.33. The summed E-state index contributed by atoms with van der Waals surface area (Å²) < 4.78 is 5.44. The van der Waals surface area contributed by atoms with Gasteiger partial charge in [-0.25, -0.2) is 0 Å². The van der Waals surface area contributed by atoms with Crippen molar-refractivity contribution in [3.63, 3.8) is 0 Å². The fraction of sp³-hybridized carbons (Fsp3) is 0.647. The Morgan fingerprint density at radius 2 is 2.19 bits per heavy atom. The zero-order valence-corrected chi connectivity index (χ0v) is 14.6. The van der Waals surface area contributed by atoms with E-state index in [2.05, 4.69) is 60.9 Å². The number of methoxy groups -OCH3 is 1. The smallest absolute Gasteiger partial charge is 0.0587 e. The van der Waals surface area contributed by atoms with Crippen LogP contribution < -0.4 is 10.2 Å². The number of ether oxygens (including phenoxy) is 1. The van der Waals surface area contributed by atoms with Crippen LogP contribution >= 0.6 is 11.8 Å². The molecule has 3 nitrogen and oxygen atoms in total. The SMILES string of the molecule is COCCNCc1cc(C)ccc1N1CCSC(C)(C)C1. The highest BCUT2D eigenvalue weighted by molar-refractivity contribution is 8.00. The van der Waals surface area contributed by atoms with E-state index in [0.29, 0.717) is 4.75 Å². The lowest BCUT2D eigenvalue weighted by Gasteiger charge is -2.40. The van der Waals surface area contributed by atoms with Crippen molar-refractivity contribution in [1.29, 1.82) is 0 Å². The molecule has 0 aliphatic carbocycles. The maximum atomic E-state index is 5.10. The topological polar surface area (TPSA) is 24.5 Å². The number of rotatable bonds is 6. The van der Waals surface area contributed by atoms with Crippen LogP contribution in [-0.2, 0) is 11.3 Å². The van der Waals surface area contributed by atoms with Gasteiger partial charge in [-0.15, -0.1) is 0 Å². The predicted molar refractivity (Wildman–Crippen MR) is 93.5 cm³/mol. The monoisotopic (exact) mass is 308 g/mol. The Bertz CT molecular complexity index is 462. The first kappa shape index (κ1) is 16.7. The third-order valence-corrected chi connectivity index (χ3v) is 5.10. The van der Waals surface area contributed by atoms with Gasteiger partial charge in [-0.1, -0.05) is 17.7 Å². The Morgan fingerprint density at radius 3 is 2.90 bits per heavy atom. The van der Waals surface area contributed by atoms with Crippen LogP contribution in [0.2, 0.25) is 0 Å². The van der Waals surface area contributed by atoms with Gasteiger partial charge in [-0.05, 0) is 32.4 Å². The molecule has 0 bridgehead atoms. The van der Waals surface area contributed by atoms with E-state index in [9.17, 15) is 0 Å². The first-order valence-corrected chi connectivity index (χ1v) is 8.68. The lowest BCUT2D eigenvalue weighted by atomic mass is 10.1. The van der Waals surface area contributed by atoms with Crippen molar-refractivity contribution in [3.8, 4) is 0 Å². The molecule has 1 N–H and O–H groups in total. The minimum absolute atomic E-state index is 0.337. The number of aryl methyl sites for hydroxylation is 1. The molecule has 118 valence electrons. The molecule has 0 amide bonds. The number of nitrogens with one attached hydrogen (secondary N) is 1. The highest BCUT2D eigenvalue weighted by atomic mass is 32.2. The third-order valence-electron chi connectivity index (χ3n) is 3.80. The largest absolute Gasteiger partial charge is 0.383 e. The molecule has 0 unspecified atom stereocenters. The number of hydrogen-bond acceptors (Lipinski definition) is 4. The molecular weight excluding hydrogens is 280 g/mol. The normalized spacial score (nSPS) is 18.0. The van der Waals surface area contributed by atoms with Gasteiger partial charge in [0.1, 0.15) is 0 Å². The molecule has 1 saturated heterocycles. The standard InChI is InChI=1S/C17H28N2OS/c1-14-5-6-16(15(11-14)12-18-7-9-20-4)19-8-10-21-17(2,3)13-19/h5-6,11,18H,7-10,12-13H2,1-4H3. The Labute approximate surface area is 133 Å². The van der Waals surface area contributed by atoms with E-state index in [1.165, 1.54) is 22.6 Å². The van der Waals surface area contributed by atoms with Crippen LogP contribution in [0.25, 0.3) is 0 Å². The molecule has 0 atom stereocenters. The van der Waals surface area contributed by atoms with Crippen molar-refractivity contribution in [2.45, 2.75) is 32.1 Å². The minimum atomic E-state index is 0.337. The summed E-state index contributed by atoms with van der Waals surface area (Å²) in [7, 11) is 1.74. The summed E-state index contributed by atoms with van der Waals surface area (Å²) in [5, 5.41) is 3.47. The highest BCUT2D eigenvalue weighted by Gasteiger charge is 2.28. The van der Waals surface area contributed by atoms with E-state index in [-0.39, 0.29) is 0 Å². The average molecular weight is 308 g/mol. The zero-order valence-electron chi connectivity index (χ0n) is 13.7. The molecule has 1 aromatic rings. The Balaban J connectivity index is 2.10. The molecular formula is C17H28N2OS. The maximum Gasteiger partial charge on any atom is 0.0587 e. The predicted octanol–water partition coefficient (Wildman–Crippen LogP) is 3.06. The van der Waals surface area contributed by atoms with Crippen molar-refractivity contribution in [1.82, 2.24) is 5.32 Å². The molecule has 0 spiro atoms. The van der Waals surface area contributed by atoms with Crippen molar-refractivity contribution < 1.29 is 4.74 Å². The van der Waals surface area contributed by atoms with Crippen molar-refractivity contribution >= 4 is 17.4 Å². The maximum absolute atomic E-state index is 5.10. The first-order chi connectivity index (χ1) is 10.0. The van der Waals surface area contributed by atoms with Crippen LogP contribution in [0.5, 0.6) is 0 Å². The summed E-state index contributed by atoms with van der Waals surface area (Å²) in [6.45, 7) is 11.7. The van der Waals surface area contributed by atoms with E-state index in [4.69, 9.17) is 4.74 Å². The number of anilines is 1. The van der Waals surface area contributed by atoms with Crippen molar-refractivity contribution in [2.75, 3.05) is 44.0 Å². The van der Waals surface area contributed by atoms with Gasteiger partial charge in [0.05, 0.1) is 6.61 Å². The lowest BCUT2D eigenvalue weighted by Crippen LogP contribution is -2.43. The van der Waals surface area contributed by atoms with Crippen LogP contribution in [0.3, 0.4) is 0 Å². The number of nitrogens with zero attached hydrogens (tertiary/aromatic N) is 1. The second-order valence-electron chi connectivity index (χ2n) is 6.33. The summed E-state index contributed by atoms with van der Waals surface area (Å²) in [6.07, 6.45) is 0. The molecule has 0 aromatic heterocycles. The molecule has 21 heavy (non-hydrogen) atoms. The fourth-order valence-electron chi connectivity index (χ4n) is 2.78. The molecule has 0 saturated carbocycles. The van der Waals surface area contributed by atoms with Crippen molar-refractivity contribution in [2.24, 2.45) is 0 Å². The molecule has 1 aliphatic heterocycles. The number of benzene rings is 1. The van der Waals surface area contributed by atoms with E-state index in [1.54, 1.807) is 7.11 Å². The van der Waals surface area contributed by atoms with Gasteiger partial charge in [0, 0.05) is 49.5 Å². The summed E-state index contributed by atoms with van der Waals surface area (Å²) in [6, 6.07) is 6.82. The zero-order chi connectivity index (χ0) is 15.3. The van der Waals surface area contributed by atoms with Gasteiger partial charge in [0.25, 0.3) is 0 Å². The second kappa shape index (κ2) is 7.52. The molecule has 1 fully saturated rings. The summed E-state index contributed by atoms with van der Waals surface area (Å²) in [5.41, 5.74) is 4.11. The summed E-state index contributed by atoms with van der Waals surface area (Å²) in [4.78, 5) is 2.54. The van der Waals surface area contributed by atoms with Crippen LogP contribution in [0.1, 0.15) is 25.0 Å². The molecule has 4 heteroatoms. The Hall–Kier alpha value is -0.710. The molecule has 1 aromatic carbocycles. The third kappa shape index (κ3) is 4.90. The Morgan fingerprint density at radius 1 is 1.38 bits per heavy atom. The van der Waals surface area contributed by atoms with Gasteiger partial charge in [-0.2, -0.15) is 11.8 Å².